The van der Waals surface area contributed by atoms with Gasteiger partial charge in [0.05, 0.1) is 0 Å². The highest BCUT2D eigenvalue weighted by molar-refractivity contribution is 5.95. The zero-order valence-electron chi connectivity index (χ0n) is 13.7. The third-order valence-electron chi connectivity index (χ3n) is 4.12. The molecule has 1 aromatic heterocycles. The fourth-order valence-electron chi connectivity index (χ4n) is 2.89. The Bertz CT molecular complexity index is 649. The molecule has 2 rings (SSSR count). The van der Waals surface area contributed by atoms with Gasteiger partial charge in [-0.05, 0) is 44.9 Å². The molecule has 1 aromatic rings. The summed E-state index contributed by atoms with van der Waals surface area (Å²) in [7, 11) is 0. The molecule has 1 N–H and O–H groups in total. The van der Waals surface area contributed by atoms with Gasteiger partial charge in [0.1, 0.15) is 17.9 Å². The molecule has 0 spiro atoms. The van der Waals surface area contributed by atoms with Crippen LogP contribution in [0.25, 0.3) is 0 Å². The number of carbonyl (C=O) groups is 1. The van der Waals surface area contributed by atoms with Gasteiger partial charge in [-0.3, -0.25) is 4.79 Å². The summed E-state index contributed by atoms with van der Waals surface area (Å²) in [6.45, 7) is 3.01. The summed E-state index contributed by atoms with van der Waals surface area (Å²) in [4.78, 5) is 25.1. The van der Waals surface area contributed by atoms with Crippen LogP contribution in [0.1, 0.15) is 47.4 Å². The Morgan fingerprint density at radius 3 is 2.67 bits per heavy atom. The fourth-order valence-corrected chi connectivity index (χ4v) is 2.89. The number of nitrogens with one attached hydrogen (secondary N) is 1. The maximum Gasteiger partial charge on any atom is 0.406 e. The molecule has 1 amide bonds. The second kappa shape index (κ2) is 7.38. The first kappa shape index (κ1) is 18.5. The molecule has 2 heterocycles. The van der Waals surface area contributed by atoms with E-state index < -0.39 is 24.3 Å². The molecule has 8 heteroatoms. The largest absolute Gasteiger partial charge is 0.427 e. The lowest BCUT2D eigenvalue weighted by molar-refractivity contribution is -0.140. The average Bonchev–Trinajstić information content (AvgIpc) is 2.51. The Morgan fingerprint density at radius 2 is 2.17 bits per heavy atom. The van der Waals surface area contributed by atoms with Crippen molar-refractivity contribution in [2.45, 2.75) is 38.8 Å². The summed E-state index contributed by atoms with van der Waals surface area (Å²) >= 11 is 0. The number of piperidine rings is 1. The quantitative estimate of drug-likeness (QED) is 0.910. The summed E-state index contributed by atoms with van der Waals surface area (Å²) in [6, 6.07) is 1.59. The second-order valence-corrected chi connectivity index (χ2v) is 5.97. The molecule has 1 atom stereocenters. The molecule has 1 saturated heterocycles. The molecular formula is C16H21F3N2O3. The van der Waals surface area contributed by atoms with E-state index >= 15 is 0 Å². The molecule has 0 bridgehead atoms. The molecule has 1 aliphatic rings. The van der Waals surface area contributed by atoms with Gasteiger partial charge in [-0.2, -0.15) is 13.2 Å². The van der Waals surface area contributed by atoms with Crippen LogP contribution < -0.4 is 10.9 Å². The average molecular weight is 346 g/mol. The molecule has 0 aromatic carbocycles. The standard InChI is InChI=1S/C16H21F3N2O3/c1-3-21(9-16(17,18)19)14(22)13-10(2)7-12(24-15(13)23)11-5-4-6-20-8-11/h7,11,20H,3-6,8-9H2,1-2H3. The van der Waals surface area contributed by atoms with Crippen molar-refractivity contribution in [2.75, 3.05) is 26.2 Å². The lowest BCUT2D eigenvalue weighted by atomic mass is 9.95. The van der Waals surface area contributed by atoms with E-state index in [1.165, 1.54) is 6.92 Å². The van der Waals surface area contributed by atoms with Crippen LogP contribution in [0, 0.1) is 6.92 Å². The molecule has 1 aliphatic heterocycles. The van der Waals surface area contributed by atoms with Gasteiger partial charge in [0.25, 0.3) is 5.91 Å². The molecule has 1 unspecified atom stereocenters. The van der Waals surface area contributed by atoms with Crippen LogP contribution in [-0.4, -0.2) is 43.2 Å². The van der Waals surface area contributed by atoms with Crippen molar-refractivity contribution in [3.8, 4) is 0 Å². The lowest BCUT2D eigenvalue weighted by Crippen LogP contribution is -2.41. The van der Waals surface area contributed by atoms with Gasteiger partial charge in [0.2, 0.25) is 0 Å². The van der Waals surface area contributed by atoms with Crippen LogP contribution in [0.5, 0.6) is 0 Å². The molecule has 0 radical (unpaired) electrons. The van der Waals surface area contributed by atoms with Crippen molar-refractivity contribution in [1.82, 2.24) is 10.2 Å². The van der Waals surface area contributed by atoms with Crippen molar-refractivity contribution in [3.63, 3.8) is 0 Å². The number of alkyl halides is 3. The first-order valence-corrected chi connectivity index (χ1v) is 7.94. The van der Waals surface area contributed by atoms with Crippen molar-refractivity contribution < 1.29 is 22.4 Å². The van der Waals surface area contributed by atoms with Crippen LogP contribution in [0.3, 0.4) is 0 Å². The zero-order chi connectivity index (χ0) is 17.9. The van der Waals surface area contributed by atoms with E-state index in [2.05, 4.69) is 5.32 Å². The van der Waals surface area contributed by atoms with Crippen LogP contribution in [0.4, 0.5) is 13.2 Å². The predicted molar refractivity (Wildman–Crippen MR) is 82.2 cm³/mol. The van der Waals surface area contributed by atoms with Gasteiger partial charge >= 0.3 is 11.8 Å². The highest BCUT2D eigenvalue weighted by Gasteiger charge is 2.34. The zero-order valence-corrected chi connectivity index (χ0v) is 13.7. The number of hydrogen-bond donors (Lipinski definition) is 1. The topological polar surface area (TPSA) is 62.6 Å². The molecule has 134 valence electrons. The van der Waals surface area contributed by atoms with Gasteiger partial charge in [-0.1, -0.05) is 0 Å². The summed E-state index contributed by atoms with van der Waals surface area (Å²) < 4.78 is 43.0. The monoisotopic (exact) mass is 346 g/mol. The minimum Gasteiger partial charge on any atom is -0.427 e. The maximum atomic E-state index is 12.6. The van der Waals surface area contributed by atoms with Gasteiger partial charge in [-0.25, -0.2) is 4.79 Å². The molecule has 5 nitrogen and oxygen atoms in total. The predicted octanol–water partition coefficient (Wildman–Crippen LogP) is 2.44. The van der Waals surface area contributed by atoms with Gasteiger partial charge in [-0.15, -0.1) is 0 Å². The number of rotatable bonds is 4. The van der Waals surface area contributed by atoms with Crippen molar-refractivity contribution >= 4 is 5.91 Å². The van der Waals surface area contributed by atoms with Crippen LogP contribution in [-0.2, 0) is 0 Å². The number of amides is 1. The minimum absolute atomic E-state index is 0.0340. The minimum atomic E-state index is -4.52. The number of hydrogen-bond acceptors (Lipinski definition) is 4. The maximum absolute atomic E-state index is 12.6. The fraction of sp³-hybridized carbons (Fsp3) is 0.625. The number of carbonyl (C=O) groups excluding carboxylic acids is 1. The Kier molecular flexibility index (Phi) is 5.69. The lowest BCUT2D eigenvalue weighted by Gasteiger charge is -2.24. The summed E-state index contributed by atoms with van der Waals surface area (Å²) in [5.41, 5.74) is -0.854. The first-order valence-electron chi connectivity index (χ1n) is 7.94. The molecule has 1 fully saturated rings. The van der Waals surface area contributed by atoms with E-state index in [-0.39, 0.29) is 18.0 Å². The van der Waals surface area contributed by atoms with Gasteiger partial charge < -0.3 is 14.6 Å². The van der Waals surface area contributed by atoms with Crippen LogP contribution in [0.15, 0.2) is 15.3 Å². The molecular weight excluding hydrogens is 325 g/mol. The summed E-state index contributed by atoms with van der Waals surface area (Å²) in [6.07, 6.45) is -2.71. The third-order valence-corrected chi connectivity index (χ3v) is 4.12. The van der Waals surface area contributed by atoms with Crippen LogP contribution >= 0.6 is 0 Å². The molecule has 0 saturated carbocycles. The Labute approximate surface area is 137 Å². The highest BCUT2D eigenvalue weighted by atomic mass is 19.4. The Morgan fingerprint density at radius 1 is 1.46 bits per heavy atom. The molecule has 24 heavy (non-hydrogen) atoms. The van der Waals surface area contributed by atoms with E-state index in [9.17, 15) is 22.8 Å². The highest BCUT2D eigenvalue weighted by Crippen LogP contribution is 2.24. The van der Waals surface area contributed by atoms with Gasteiger partial charge in [0.15, 0.2) is 0 Å². The first-order chi connectivity index (χ1) is 11.2. The SMILES string of the molecule is CCN(CC(F)(F)F)C(=O)c1c(C)cc(C2CCCNC2)oc1=O. The van der Waals surface area contributed by atoms with Crippen molar-refractivity contribution in [1.29, 1.82) is 0 Å². The molecule has 0 aliphatic carbocycles. The van der Waals surface area contributed by atoms with E-state index in [0.29, 0.717) is 22.8 Å². The Balaban J connectivity index is 2.30. The van der Waals surface area contributed by atoms with E-state index in [4.69, 9.17) is 4.42 Å². The van der Waals surface area contributed by atoms with Crippen molar-refractivity contribution in [3.05, 3.63) is 33.4 Å². The summed E-state index contributed by atoms with van der Waals surface area (Å²) in [5.74, 6) is -0.443. The van der Waals surface area contributed by atoms with Gasteiger partial charge in [0, 0.05) is 19.0 Å². The van der Waals surface area contributed by atoms with E-state index in [1.807, 2.05) is 0 Å². The number of aryl methyl sites for hydroxylation is 1. The summed E-state index contributed by atoms with van der Waals surface area (Å²) in [5, 5.41) is 3.20. The smallest absolute Gasteiger partial charge is 0.406 e. The van der Waals surface area contributed by atoms with Crippen molar-refractivity contribution in [2.24, 2.45) is 0 Å². The second-order valence-electron chi connectivity index (χ2n) is 5.97. The van der Waals surface area contributed by atoms with E-state index in [0.717, 1.165) is 19.4 Å². The van der Waals surface area contributed by atoms with Crippen LogP contribution in [0.2, 0.25) is 0 Å². The number of halogens is 3. The van der Waals surface area contributed by atoms with E-state index in [1.54, 1.807) is 13.0 Å². The Hall–Kier alpha value is -1.83. The normalized spacial score (nSPS) is 18.5. The third kappa shape index (κ3) is 4.37. The number of nitrogens with zero attached hydrogens (tertiary/aromatic N) is 1.